The number of ether oxygens (including phenoxy) is 1. The third-order valence-electron chi connectivity index (χ3n) is 5.51. The zero-order valence-electron chi connectivity index (χ0n) is 17.2. The van der Waals surface area contributed by atoms with Gasteiger partial charge in [-0.1, -0.05) is 23.4 Å². The van der Waals surface area contributed by atoms with Crippen LogP contribution in [0.1, 0.15) is 37.0 Å². The maximum Gasteiger partial charge on any atom is 0.261 e. The first kappa shape index (κ1) is 19.3. The van der Waals surface area contributed by atoms with Crippen LogP contribution in [0.3, 0.4) is 0 Å². The van der Waals surface area contributed by atoms with E-state index in [1.54, 1.807) is 4.90 Å². The number of nitrogens with zero attached hydrogens (tertiary/aromatic N) is 4. The largest absolute Gasteiger partial charge is 0.484 e. The fourth-order valence-corrected chi connectivity index (χ4v) is 4.00. The van der Waals surface area contributed by atoms with Gasteiger partial charge in [-0.3, -0.25) is 4.79 Å². The molecule has 158 valence electrons. The molecule has 8 nitrogen and oxygen atoms in total. The van der Waals surface area contributed by atoms with Gasteiger partial charge in [-0.15, -0.1) is 0 Å². The summed E-state index contributed by atoms with van der Waals surface area (Å²) in [5.41, 5.74) is 2.66. The van der Waals surface area contributed by atoms with Gasteiger partial charge in [-0.2, -0.15) is 4.98 Å². The lowest BCUT2D eigenvalue weighted by Gasteiger charge is -2.33. The first-order valence-electron chi connectivity index (χ1n) is 10.4. The Kier molecular flexibility index (Phi) is 5.11. The Labute approximate surface area is 179 Å². The summed E-state index contributed by atoms with van der Waals surface area (Å²) in [6, 6.07) is 14.9. The van der Waals surface area contributed by atoms with Gasteiger partial charge in [0.2, 0.25) is 11.7 Å². The second kappa shape index (κ2) is 8.22. The Hall–Kier alpha value is -3.68. The summed E-state index contributed by atoms with van der Waals surface area (Å²) in [6.07, 6.45) is 2.74. The Balaban J connectivity index is 1.34. The third kappa shape index (κ3) is 4.01. The molecule has 0 radical (unpaired) electrons. The standard InChI is InChI=1S/C23H23N5O3/c1-15-24-18-11-10-16(13-19(18)25-15)22-26-23(31-27-22)20-9-5-6-12-28(20)21(29)14-30-17-7-3-2-4-8-17/h2-4,7-8,10-11,13,20H,5-6,9,12,14H2,1H3,(H,24,25). The number of likely N-dealkylation sites (tertiary alicyclic amines) is 1. The van der Waals surface area contributed by atoms with Crippen molar-refractivity contribution in [1.82, 2.24) is 25.0 Å². The number of aromatic nitrogens is 4. The minimum atomic E-state index is -0.236. The molecule has 2 aromatic heterocycles. The number of aromatic amines is 1. The first-order chi connectivity index (χ1) is 15.2. The molecule has 0 aliphatic carbocycles. The smallest absolute Gasteiger partial charge is 0.261 e. The highest BCUT2D eigenvalue weighted by atomic mass is 16.5. The van der Waals surface area contributed by atoms with Crippen molar-refractivity contribution in [3.05, 3.63) is 60.2 Å². The number of H-pyrrole nitrogens is 1. The van der Waals surface area contributed by atoms with Crippen LogP contribution in [0, 0.1) is 6.92 Å². The highest BCUT2D eigenvalue weighted by molar-refractivity contribution is 5.80. The van der Waals surface area contributed by atoms with E-state index in [1.165, 1.54) is 0 Å². The number of nitrogens with one attached hydrogen (secondary N) is 1. The lowest BCUT2D eigenvalue weighted by molar-refractivity contribution is -0.138. The van der Waals surface area contributed by atoms with Crippen LogP contribution in [0.25, 0.3) is 22.4 Å². The quantitative estimate of drug-likeness (QED) is 0.526. The number of hydrogen-bond acceptors (Lipinski definition) is 6. The predicted octanol–water partition coefficient (Wildman–Crippen LogP) is 4.05. The number of imidazole rings is 1. The summed E-state index contributed by atoms with van der Waals surface area (Å²) in [5.74, 6) is 2.41. The first-order valence-corrected chi connectivity index (χ1v) is 10.4. The van der Waals surface area contributed by atoms with Gasteiger partial charge in [0.05, 0.1) is 11.0 Å². The van der Waals surface area contributed by atoms with Gasteiger partial charge in [0, 0.05) is 12.1 Å². The number of para-hydroxylation sites is 1. The van der Waals surface area contributed by atoms with Crippen molar-refractivity contribution in [2.24, 2.45) is 0 Å². The number of benzene rings is 2. The predicted molar refractivity (Wildman–Crippen MR) is 114 cm³/mol. The molecule has 0 bridgehead atoms. The molecule has 1 saturated heterocycles. The number of rotatable bonds is 5. The van der Waals surface area contributed by atoms with Crippen LogP contribution in [0.5, 0.6) is 5.75 Å². The number of amides is 1. The van der Waals surface area contributed by atoms with E-state index >= 15 is 0 Å². The molecule has 4 aromatic rings. The molecule has 3 heterocycles. The van der Waals surface area contributed by atoms with E-state index in [0.29, 0.717) is 24.0 Å². The van der Waals surface area contributed by atoms with Crippen LogP contribution >= 0.6 is 0 Å². The summed E-state index contributed by atoms with van der Waals surface area (Å²) in [7, 11) is 0. The van der Waals surface area contributed by atoms with E-state index in [0.717, 1.165) is 41.7 Å². The van der Waals surface area contributed by atoms with Crippen molar-refractivity contribution in [2.45, 2.75) is 32.2 Å². The van der Waals surface area contributed by atoms with Crippen LogP contribution < -0.4 is 4.74 Å². The molecule has 1 unspecified atom stereocenters. The SMILES string of the molecule is Cc1nc2ccc(-c3noc(C4CCCCN4C(=O)COc4ccccc4)n3)cc2[nH]1. The normalized spacial score (nSPS) is 16.5. The van der Waals surface area contributed by atoms with E-state index in [4.69, 9.17) is 9.26 Å². The van der Waals surface area contributed by atoms with E-state index in [9.17, 15) is 4.79 Å². The van der Waals surface area contributed by atoms with Crippen LogP contribution in [-0.4, -0.2) is 44.1 Å². The molecule has 0 saturated carbocycles. The molecule has 31 heavy (non-hydrogen) atoms. The average Bonchev–Trinajstić information content (AvgIpc) is 3.43. The van der Waals surface area contributed by atoms with E-state index in [2.05, 4.69) is 20.1 Å². The maximum atomic E-state index is 12.9. The number of carbonyl (C=O) groups excluding carboxylic acids is 1. The van der Waals surface area contributed by atoms with E-state index in [-0.39, 0.29) is 18.6 Å². The molecule has 1 N–H and O–H groups in total. The minimum absolute atomic E-state index is 0.0165. The summed E-state index contributed by atoms with van der Waals surface area (Å²) < 4.78 is 11.3. The molecule has 1 aliphatic rings. The number of hydrogen-bond donors (Lipinski definition) is 1. The molecular formula is C23H23N5O3. The highest BCUT2D eigenvalue weighted by Gasteiger charge is 2.32. The Morgan fingerprint density at radius 1 is 1.19 bits per heavy atom. The van der Waals surface area contributed by atoms with Crippen molar-refractivity contribution >= 4 is 16.9 Å². The van der Waals surface area contributed by atoms with Crippen molar-refractivity contribution in [2.75, 3.05) is 13.2 Å². The molecule has 2 aromatic carbocycles. The molecule has 1 aliphatic heterocycles. The molecular weight excluding hydrogens is 394 g/mol. The molecule has 1 atom stereocenters. The molecule has 8 heteroatoms. The monoisotopic (exact) mass is 417 g/mol. The van der Waals surface area contributed by atoms with Crippen molar-refractivity contribution < 1.29 is 14.1 Å². The van der Waals surface area contributed by atoms with Crippen LogP contribution in [-0.2, 0) is 4.79 Å². The number of piperidine rings is 1. The number of aryl methyl sites for hydroxylation is 1. The summed E-state index contributed by atoms with van der Waals surface area (Å²) in [4.78, 5) is 26.9. The lowest BCUT2D eigenvalue weighted by atomic mass is 10.0. The van der Waals surface area contributed by atoms with Crippen LogP contribution in [0.15, 0.2) is 53.1 Å². The zero-order valence-corrected chi connectivity index (χ0v) is 17.2. The number of carbonyl (C=O) groups is 1. The zero-order chi connectivity index (χ0) is 21.2. The average molecular weight is 417 g/mol. The van der Waals surface area contributed by atoms with E-state index < -0.39 is 0 Å². The third-order valence-corrected chi connectivity index (χ3v) is 5.51. The van der Waals surface area contributed by atoms with Crippen molar-refractivity contribution in [3.63, 3.8) is 0 Å². The summed E-state index contributed by atoms with van der Waals surface area (Å²) in [5, 5.41) is 4.17. The van der Waals surface area contributed by atoms with E-state index in [1.807, 2.05) is 55.5 Å². The van der Waals surface area contributed by atoms with Crippen molar-refractivity contribution in [1.29, 1.82) is 0 Å². The Morgan fingerprint density at radius 2 is 2.06 bits per heavy atom. The molecule has 1 fully saturated rings. The van der Waals surface area contributed by atoms with Gasteiger partial charge in [0.25, 0.3) is 5.91 Å². The Morgan fingerprint density at radius 3 is 2.94 bits per heavy atom. The fraction of sp³-hybridized carbons (Fsp3) is 0.304. The van der Waals surface area contributed by atoms with Gasteiger partial charge >= 0.3 is 0 Å². The van der Waals surface area contributed by atoms with Gasteiger partial charge in [-0.05, 0) is 56.5 Å². The molecule has 1 amide bonds. The Bertz CT molecular complexity index is 1200. The van der Waals surface area contributed by atoms with Crippen molar-refractivity contribution in [3.8, 4) is 17.1 Å². The van der Waals surface area contributed by atoms with Gasteiger partial charge in [0.15, 0.2) is 6.61 Å². The van der Waals surface area contributed by atoms with Crippen LogP contribution in [0.4, 0.5) is 0 Å². The van der Waals surface area contributed by atoms with Gasteiger partial charge in [0.1, 0.15) is 17.6 Å². The second-order valence-corrected chi connectivity index (χ2v) is 7.71. The molecule has 0 spiro atoms. The summed E-state index contributed by atoms with van der Waals surface area (Å²) in [6.45, 7) is 2.55. The molecule has 5 rings (SSSR count). The maximum absolute atomic E-state index is 12.9. The minimum Gasteiger partial charge on any atom is -0.484 e. The summed E-state index contributed by atoms with van der Waals surface area (Å²) >= 11 is 0. The second-order valence-electron chi connectivity index (χ2n) is 7.71. The highest BCUT2D eigenvalue weighted by Crippen LogP contribution is 2.31. The van der Waals surface area contributed by atoms with Gasteiger partial charge in [-0.25, -0.2) is 4.98 Å². The number of fused-ring (bicyclic) bond motifs is 1. The van der Waals surface area contributed by atoms with Gasteiger partial charge < -0.3 is 19.1 Å². The lowest BCUT2D eigenvalue weighted by Crippen LogP contribution is -2.41. The van der Waals surface area contributed by atoms with Crippen LogP contribution in [0.2, 0.25) is 0 Å². The fourth-order valence-electron chi connectivity index (χ4n) is 4.00. The topological polar surface area (TPSA) is 97.1 Å².